The Hall–Kier alpha value is -0.890. The van der Waals surface area contributed by atoms with Crippen LogP contribution in [0.25, 0.3) is 11.1 Å². The van der Waals surface area contributed by atoms with Crippen molar-refractivity contribution in [3.05, 3.63) is 34.8 Å². The molecule has 0 saturated carbocycles. The predicted molar refractivity (Wildman–Crippen MR) is 40.9 cm³/mol. The maximum Gasteiger partial charge on any atom is 0.124 e. The molecule has 0 unspecified atom stereocenters. The zero-order valence-electron chi connectivity index (χ0n) is 5.17. The molecule has 0 radical (unpaired) electrons. The summed E-state index contributed by atoms with van der Waals surface area (Å²) in [4.78, 5) is 0. The fourth-order valence-corrected chi connectivity index (χ4v) is 1.63. The first-order chi connectivity index (χ1) is 4.86. The second-order valence-electron chi connectivity index (χ2n) is 2.14. The Morgan fingerprint density at radius 3 is 2.80 bits per heavy atom. The van der Waals surface area contributed by atoms with Gasteiger partial charge in [-0.25, -0.2) is 4.39 Å². The number of halogens is 1. The van der Waals surface area contributed by atoms with Crippen LogP contribution in [-0.2, 0) is 0 Å². The van der Waals surface area contributed by atoms with Crippen molar-refractivity contribution in [2.45, 2.75) is 0 Å². The van der Waals surface area contributed by atoms with Gasteiger partial charge in [0.05, 0.1) is 0 Å². The summed E-state index contributed by atoms with van der Waals surface area (Å²) in [6.07, 6.45) is 0. The van der Waals surface area contributed by atoms with Crippen molar-refractivity contribution in [1.29, 1.82) is 0 Å². The number of hydrogen-bond donors (Lipinski definition) is 0. The van der Waals surface area contributed by atoms with Gasteiger partial charge in [-0.05, 0) is 40.1 Å². The molecule has 0 aromatic carbocycles. The Bertz CT molecular complexity index is 283. The van der Waals surface area contributed by atoms with E-state index in [1.165, 1.54) is 0 Å². The monoisotopic (exact) mass is 152 g/mol. The van der Waals surface area contributed by atoms with E-state index in [9.17, 15) is 4.39 Å². The van der Waals surface area contributed by atoms with E-state index >= 15 is 0 Å². The van der Waals surface area contributed by atoms with Crippen molar-refractivity contribution >= 4 is 11.3 Å². The molecular formula is C8H5FS. The molecule has 1 aliphatic carbocycles. The molecule has 0 bridgehead atoms. The molecule has 0 aromatic heterocycles. The maximum atomic E-state index is 12.5. The van der Waals surface area contributed by atoms with Gasteiger partial charge in [0, 0.05) is 0 Å². The van der Waals surface area contributed by atoms with E-state index in [0.717, 1.165) is 11.1 Å². The fraction of sp³-hybridized carbons (Fsp3) is 0. The van der Waals surface area contributed by atoms with Gasteiger partial charge in [-0.2, -0.15) is 11.3 Å². The van der Waals surface area contributed by atoms with Gasteiger partial charge in [-0.15, -0.1) is 0 Å². The van der Waals surface area contributed by atoms with E-state index in [1.54, 1.807) is 23.5 Å². The molecular weight excluding hydrogens is 147 g/mol. The lowest BCUT2D eigenvalue weighted by molar-refractivity contribution is 0.633. The summed E-state index contributed by atoms with van der Waals surface area (Å²) in [6.45, 7) is 0. The lowest BCUT2D eigenvalue weighted by atomic mass is 10.2. The van der Waals surface area contributed by atoms with E-state index in [2.05, 4.69) is 0 Å². The third-order valence-electron chi connectivity index (χ3n) is 1.44. The lowest BCUT2D eigenvalue weighted by Gasteiger charge is -1.91. The van der Waals surface area contributed by atoms with Gasteiger partial charge in [0.15, 0.2) is 0 Å². The summed E-state index contributed by atoms with van der Waals surface area (Å²) in [6, 6.07) is 5.01. The van der Waals surface area contributed by atoms with Crippen LogP contribution >= 0.6 is 11.3 Å². The first kappa shape index (κ1) is 5.86. The highest BCUT2D eigenvalue weighted by atomic mass is 32.1. The van der Waals surface area contributed by atoms with Crippen LogP contribution in [-0.4, -0.2) is 0 Å². The van der Waals surface area contributed by atoms with Gasteiger partial charge in [-0.3, -0.25) is 0 Å². The predicted octanol–water partition coefficient (Wildman–Crippen LogP) is 2.99. The molecule has 2 heteroatoms. The van der Waals surface area contributed by atoms with Crippen LogP contribution in [0.15, 0.2) is 29.0 Å². The molecule has 0 amide bonds. The molecule has 0 aromatic rings. The molecule has 1 aliphatic heterocycles. The van der Waals surface area contributed by atoms with E-state index in [4.69, 9.17) is 0 Å². The van der Waals surface area contributed by atoms with Gasteiger partial charge in [0.25, 0.3) is 0 Å². The summed E-state index contributed by atoms with van der Waals surface area (Å²) in [5.74, 6) is -0.145. The SMILES string of the molecule is Fc1cc2ccscc-2c1. The Kier molecular flexibility index (Phi) is 1.21. The molecule has 0 atom stereocenters. The van der Waals surface area contributed by atoms with E-state index in [-0.39, 0.29) is 5.82 Å². The summed E-state index contributed by atoms with van der Waals surface area (Å²) < 4.78 is 12.5. The number of fused-ring (bicyclic) bond motifs is 1. The Balaban J connectivity index is 2.76. The van der Waals surface area contributed by atoms with Crippen LogP contribution in [0.3, 0.4) is 0 Å². The molecule has 0 saturated heterocycles. The smallest absolute Gasteiger partial charge is 0.124 e. The van der Waals surface area contributed by atoms with Gasteiger partial charge in [0.1, 0.15) is 5.82 Å². The standard InChI is InChI=1S/C8H5FS/c9-8-3-6-1-2-10-5-7(6)4-8/h1-5H. The average Bonchev–Trinajstić information content (AvgIpc) is 2.27. The number of hydrogen-bond acceptors (Lipinski definition) is 1. The first-order valence-electron chi connectivity index (χ1n) is 2.98. The van der Waals surface area contributed by atoms with Gasteiger partial charge >= 0.3 is 0 Å². The third-order valence-corrected chi connectivity index (χ3v) is 2.12. The fourth-order valence-electron chi connectivity index (χ4n) is 0.977. The summed E-state index contributed by atoms with van der Waals surface area (Å²) in [5.41, 5.74) is 1.97. The molecule has 0 spiro atoms. The van der Waals surface area contributed by atoms with Crippen molar-refractivity contribution in [3.8, 4) is 11.1 Å². The van der Waals surface area contributed by atoms with E-state index in [1.807, 2.05) is 16.8 Å². The second kappa shape index (κ2) is 2.06. The number of rotatable bonds is 0. The minimum atomic E-state index is -0.145. The minimum Gasteiger partial charge on any atom is -0.207 e. The molecule has 10 heavy (non-hydrogen) atoms. The third kappa shape index (κ3) is 0.809. The lowest BCUT2D eigenvalue weighted by Crippen LogP contribution is -1.64. The van der Waals surface area contributed by atoms with Crippen molar-refractivity contribution < 1.29 is 4.39 Å². The molecule has 0 nitrogen and oxygen atoms in total. The largest absolute Gasteiger partial charge is 0.207 e. The molecule has 2 rings (SSSR count). The van der Waals surface area contributed by atoms with Crippen LogP contribution < -0.4 is 0 Å². The van der Waals surface area contributed by atoms with Crippen LogP contribution in [0.5, 0.6) is 0 Å². The molecule has 0 N–H and O–H groups in total. The van der Waals surface area contributed by atoms with E-state index < -0.39 is 0 Å². The summed E-state index contributed by atoms with van der Waals surface area (Å²) in [5, 5.41) is 3.89. The highest BCUT2D eigenvalue weighted by molar-refractivity contribution is 7.07. The highest BCUT2D eigenvalue weighted by Crippen LogP contribution is 2.25. The van der Waals surface area contributed by atoms with Crippen LogP contribution in [0.2, 0.25) is 0 Å². The van der Waals surface area contributed by atoms with Crippen molar-refractivity contribution in [2.24, 2.45) is 0 Å². The van der Waals surface area contributed by atoms with Crippen LogP contribution in [0.4, 0.5) is 4.39 Å². The van der Waals surface area contributed by atoms with E-state index in [0.29, 0.717) is 0 Å². The zero-order chi connectivity index (χ0) is 6.97. The van der Waals surface area contributed by atoms with Crippen LogP contribution in [0.1, 0.15) is 0 Å². The molecule has 1 heterocycles. The average molecular weight is 152 g/mol. The summed E-state index contributed by atoms with van der Waals surface area (Å²) >= 11 is 1.58. The molecule has 0 fully saturated rings. The first-order valence-corrected chi connectivity index (χ1v) is 3.92. The Morgan fingerprint density at radius 2 is 2.00 bits per heavy atom. The molecule has 50 valence electrons. The van der Waals surface area contributed by atoms with Crippen LogP contribution in [0, 0.1) is 5.82 Å². The minimum absolute atomic E-state index is 0.145. The Morgan fingerprint density at radius 1 is 1.20 bits per heavy atom. The van der Waals surface area contributed by atoms with Crippen molar-refractivity contribution in [3.63, 3.8) is 0 Å². The molecule has 2 aliphatic rings. The highest BCUT2D eigenvalue weighted by Gasteiger charge is 2.03. The Labute approximate surface area is 62.3 Å². The van der Waals surface area contributed by atoms with Gasteiger partial charge < -0.3 is 0 Å². The van der Waals surface area contributed by atoms with Crippen molar-refractivity contribution in [1.82, 2.24) is 0 Å². The van der Waals surface area contributed by atoms with Crippen molar-refractivity contribution in [2.75, 3.05) is 0 Å². The second-order valence-corrected chi connectivity index (χ2v) is 2.92. The topological polar surface area (TPSA) is 0 Å². The summed E-state index contributed by atoms with van der Waals surface area (Å²) in [7, 11) is 0. The normalized spacial score (nSPS) is 10.5. The maximum absolute atomic E-state index is 12.5. The quantitative estimate of drug-likeness (QED) is 0.544. The zero-order valence-corrected chi connectivity index (χ0v) is 5.99. The van der Waals surface area contributed by atoms with Gasteiger partial charge in [-0.1, -0.05) is 0 Å². The van der Waals surface area contributed by atoms with Gasteiger partial charge in [0.2, 0.25) is 0 Å².